The molecule has 0 radical (unpaired) electrons. The molecule has 0 amide bonds. The molecule has 0 aliphatic rings. The first-order valence-corrected chi connectivity index (χ1v) is 4.87. The van der Waals surface area contributed by atoms with Crippen LogP contribution in [-0.2, 0) is 0 Å². The molecule has 0 saturated carbocycles. The van der Waals surface area contributed by atoms with Crippen LogP contribution in [0.15, 0.2) is 0 Å². The second-order valence-corrected chi connectivity index (χ2v) is 3.66. The summed E-state index contributed by atoms with van der Waals surface area (Å²) in [6.45, 7) is 2.16. The summed E-state index contributed by atoms with van der Waals surface area (Å²) in [4.78, 5) is 3.74. The molecule has 0 aliphatic heterocycles. The van der Waals surface area contributed by atoms with Gasteiger partial charge in [0.25, 0.3) is 0 Å². The molecule has 14 heavy (non-hydrogen) atoms. The minimum absolute atomic E-state index is 0.0503. The average Bonchev–Trinajstić information content (AvgIpc) is 2.03. The predicted molar refractivity (Wildman–Crippen MR) is 55.2 cm³/mol. The van der Waals surface area contributed by atoms with E-state index in [1.165, 1.54) is 0 Å². The van der Waals surface area contributed by atoms with Crippen molar-refractivity contribution in [3.05, 3.63) is 0 Å². The molecular weight excluding hydrogens is 184 g/mol. The van der Waals surface area contributed by atoms with Crippen molar-refractivity contribution in [3.63, 3.8) is 0 Å². The van der Waals surface area contributed by atoms with Gasteiger partial charge in [0.1, 0.15) is 0 Å². The van der Waals surface area contributed by atoms with Gasteiger partial charge >= 0.3 is 0 Å². The Kier molecular flexibility index (Phi) is 8.02. The first-order valence-electron chi connectivity index (χ1n) is 4.87. The van der Waals surface area contributed by atoms with E-state index in [1.54, 1.807) is 0 Å². The standard InChI is InChI=1S/C9H22N2O3/c1-10(2)7-9(14)8-11(3-5-12)4-6-13/h9,12-14H,3-8H2,1-2H3. The highest BCUT2D eigenvalue weighted by atomic mass is 16.3. The Bertz CT molecular complexity index is 127. The molecule has 0 fully saturated rings. The number of aliphatic hydroxyl groups is 3. The second-order valence-electron chi connectivity index (χ2n) is 3.66. The van der Waals surface area contributed by atoms with Crippen LogP contribution in [0.25, 0.3) is 0 Å². The van der Waals surface area contributed by atoms with Crippen molar-refractivity contribution in [1.82, 2.24) is 9.80 Å². The summed E-state index contributed by atoms with van der Waals surface area (Å²) in [5.74, 6) is 0. The van der Waals surface area contributed by atoms with Gasteiger partial charge in [-0.15, -0.1) is 0 Å². The van der Waals surface area contributed by atoms with Crippen molar-refractivity contribution in [2.24, 2.45) is 0 Å². The molecule has 1 unspecified atom stereocenters. The highest BCUT2D eigenvalue weighted by Gasteiger charge is 2.11. The Hall–Kier alpha value is -0.200. The van der Waals surface area contributed by atoms with Crippen molar-refractivity contribution in [1.29, 1.82) is 0 Å². The third-order valence-corrected chi connectivity index (χ3v) is 1.88. The summed E-state index contributed by atoms with van der Waals surface area (Å²) in [6.07, 6.45) is -0.442. The zero-order chi connectivity index (χ0) is 11.0. The Labute approximate surface area is 85.6 Å². The van der Waals surface area contributed by atoms with Gasteiger partial charge < -0.3 is 20.2 Å². The van der Waals surface area contributed by atoms with E-state index in [2.05, 4.69) is 0 Å². The minimum atomic E-state index is -0.442. The third kappa shape index (κ3) is 7.23. The van der Waals surface area contributed by atoms with E-state index in [0.29, 0.717) is 26.2 Å². The number of rotatable bonds is 8. The molecular formula is C9H22N2O3. The molecule has 0 aromatic heterocycles. The van der Waals surface area contributed by atoms with E-state index in [0.717, 1.165) is 0 Å². The first-order chi connectivity index (χ1) is 6.60. The average molecular weight is 206 g/mol. The number of hydrogen-bond donors (Lipinski definition) is 3. The Morgan fingerprint density at radius 1 is 1.00 bits per heavy atom. The first kappa shape index (κ1) is 13.8. The zero-order valence-corrected chi connectivity index (χ0v) is 9.06. The maximum absolute atomic E-state index is 9.60. The molecule has 0 bridgehead atoms. The fourth-order valence-electron chi connectivity index (χ4n) is 1.35. The summed E-state index contributed by atoms with van der Waals surface area (Å²) in [5.41, 5.74) is 0. The van der Waals surface area contributed by atoms with E-state index < -0.39 is 6.10 Å². The zero-order valence-electron chi connectivity index (χ0n) is 9.06. The van der Waals surface area contributed by atoms with Crippen LogP contribution in [0.2, 0.25) is 0 Å². The van der Waals surface area contributed by atoms with Crippen LogP contribution >= 0.6 is 0 Å². The molecule has 86 valence electrons. The van der Waals surface area contributed by atoms with Gasteiger partial charge in [0.2, 0.25) is 0 Å². The van der Waals surface area contributed by atoms with Crippen LogP contribution in [0.5, 0.6) is 0 Å². The van der Waals surface area contributed by atoms with Gasteiger partial charge in [0.05, 0.1) is 19.3 Å². The maximum atomic E-state index is 9.60. The van der Waals surface area contributed by atoms with Gasteiger partial charge in [-0.2, -0.15) is 0 Å². The molecule has 5 nitrogen and oxygen atoms in total. The van der Waals surface area contributed by atoms with E-state index >= 15 is 0 Å². The molecule has 0 aliphatic carbocycles. The van der Waals surface area contributed by atoms with Crippen LogP contribution in [0.1, 0.15) is 0 Å². The number of aliphatic hydroxyl groups excluding tert-OH is 3. The van der Waals surface area contributed by atoms with Gasteiger partial charge in [0.15, 0.2) is 0 Å². The second kappa shape index (κ2) is 8.14. The monoisotopic (exact) mass is 206 g/mol. The highest BCUT2D eigenvalue weighted by Crippen LogP contribution is 1.93. The quantitative estimate of drug-likeness (QED) is 0.437. The van der Waals surface area contributed by atoms with Crippen molar-refractivity contribution in [3.8, 4) is 0 Å². The van der Waals surface area contributed by atoms with Crippen molar-refractivity contribution < 1.29 is 15.3 Å². The van der Waals surface area contributed by atoms with Crippen molar-refractivity contribution >= 4 is 0 Å². The number of likely N-dealkylation sites (N-methyl/N-ethyl adjacent to an activating group) is 1. The Balaban J connectivity index is 3.76. The minimum Gasteiger partial charge on any atom is -0.395 e. The van der Waals surface area contributed by atoms with Gasteiger partial charge in [-0.3, -0.25) is 4.90 Å². The molecule has 0 aromatic carbocycles. The fourth-order valence-corrected chi connectivity index (χ4v) is 1.35. The largest absolute Gasteiger partial charge is 0.395 e. The van der Waals surface area contributed by atoms with Gasteiger partial charge in [0, 0.05) is 26.2 Å². The highest BCUT2D eigenvalue weighted by molar-refractivity contribution is 4.66. The van der Waals surface area contributed by atoms with E-state index in [1.807, 2.05) is 23.9 Å². The molecule has 5 heteroatoms. The Morgan fingerprint density at radius 2 is 1.50 bits per heavy atom. The molecule has 1 atom stereocenters. The molecule has 0 saturated heterocycles. The third-order valence-electron chi connectivity index (χ3n) is 1.88. The summed E-state index contributed by atoms with van der Waals surface area (Å²) in [6, 6.07) is 0. The van der Waals surface area contributed by atoms with Gasteiger partial charge in [-0.05, 0) is 14.1 Å². The lowest BCUT2D eigenvalue weighted by atomic mass is 10.3. The summed E-state index contributed by atoms with van der Waals surface area (Å²) >= 11 is 0. The predicted octanol–water partition coefficient (Wildman–Crippen LogP) is -1.80. The number of hydrogen-bond acceptors (Lipinski definition) is 5. The molecule has 0 heterocycles. The lowest BCUT2D eigenvalue weighted by molar-refractivity contribution is 0.0711. The normalized spacial score (nSPS) is 13.9. The maximum Gasteiger partial charge on any atom is 0.0793 e. The lowest BCUT2D eigenvalue weighted by Crippen LogP contribution is -2.40. The van der Waals surface area contributed by atoms with Crippen molar-refractivity contribution in [2.45, 2.75) is 6.10 Å². The van der Waals surface area contributed by atoms with Crippen LogP contribution < -0.4 is 0 Å². The Morgan fingerprint density at radius 3 is 1.86 bits per heavy atom. The molecule has 0 aromatic rings. The summed E-state index contributed by atoms with van der Waals surface area (Å²) in [5, 5.41) is 27.1. The smallest absolute Gasteiger partial charge is 0.0793 e. The molecule has 0 spiro atoms. The SMILES string of the molecule is CN(C)CC(O)CN(CCO)CCO. The molecule has 0 rings (SSSR count). The summed E-state index contributed by atoms with van der Waals surface area (Å²) < 4.78 is 0. The molecule has 3 N–H and O–H groups in total. The van der Waals surface area contributed by atoms with Gasteiger partial charge in [-0.1, -0.05) is 0 Å². The number of nitrogens with zero attached hydrogens (tertiary/aromatic N) is 2. The van der Waals surface area contributed by atoms with Crippen LogP contribution in [0.3, 0.4) is 0 Å². The summed E-state index contributed by atoms with van der Waals surface area (Å²) in [7, 11) is 3.79. The van der Waals surface area contributed by atoms with Gasteiger partial charge in [-0.25, -0.2) is 0 Å². The fraction of sp³-hybridized carbons (Fsp3) is 1.00. The topological polar surface area (TPSA) is 67.2 Å². The van der Waals surface area contributed by atoms with E-state index in [-0.39, 0.29) is 13.2 Å². The van der Waals surface area contributed by atoms with Crippen molar-refractivity contribution in [2.75, 3.05) is 53.5 Å². The van der Waals surface area contributed by atoms with Crippen LogP contribution in [0.4, 0.5) is 0 Å². The van der Waals surface area contributed by atoms with E-state index in [4.69, 9.17) is 10.2 Å². The lowest BCUT2D eigenvalue weighted by Gasteiger charge is -2.24. The van der Waals surface area contributed by atoms with E-state index in [9.17, 15) is 5.11 Å². The van der Waals surface area contributed by atoms with Crippen LogP contribution in [-0.4, -0.2) is 84.7 Å². The van der Waals surface area contributed by atoms with Crippen LogP contribution in [0, 0.1) is 0 Å².